The first-order chi connectivity index (χ1) is 12.5. The lowest BCUT2D eigenvalue weighted by Crippen LogP contribution is -2.14. The number of methoxy groups -OCH3 is 1. The van der Waals surface area contributed by atoms with Crippen molar-refractivity contribution >= 4 is 23.2 Å². The Morgan fingerprint density at radius 3 is 2.27 bits per heavy atom. The number of amides is 1. The summed E-state index contributed by atoms with van der Waals surface area (Å²) in [5, 5.41) is 5.93. The molecule has 0 bridgehead atoms. The summed E-state index contributed by atoms with van der Waals surface area (Å²) in [7, 11) is 1.56. The van der Waals surface area contributed by atoms with Gasteiger partial charge in [-0.15, -0.1) is 0 Å². The van der Waals surface area contributed by atoms with Crippen LogP contribution in [-0.2, 0) is 0 Å². The van der Waals surface area contributed by atoms with Crippen molar-refractivity contribution < 1.29 is 9.53 Å². The largest absolute Gasteiger partial charge is 0.495 e. The van der Waals surface area contributed by atoms with E-state index in [1.807, 2.05) is 56.3 Å². The molecule has 0 saturated heterocycles. The van der Waals surface area contributed by atoms with Crippen LogP contribution in [0.4, 0.5) is 17.3 Å². The molecular weight excluding hydrogens is 328 g/mol. The minimum atomic E-state index is -0.296. The van der Waals surface area contributed by atoms with Crippen molar-refractivity contribution in [3.63, 3.8) is 0 Å². The lowest BCUT2D eigenvalue weighted by molar-refractivity contribution is 0.102. The predicted octanol–water partition coefficient (Wildman–Crippen LogP) is 4.10. The number of nitrogens with one attached hydrogen (secondary N) is 2. The van der Waals surface area contributed by atoms with Crippen molar-refractivity contribution in [3.8, 4) is 5.75 Å². The quantitative estimate of drug-likeness (QED) is 0.726. The Morgan fingerprint density at radius 1 is 0.962 bits per heavy atom. The second kappa shape index (κ2) is 7.65. The average molecular weight is 348 g/mol. The number of hydrogen-bond donors (Lipinski definition) is 2. The molecule has 0 fully saturated rings. The van der Waals surface area contributed by atoms with E-state index < -0.39 is 0 Å². The van der Waals surface area contributed by atoms with Gasteiger partial charge in [-0.2, -0.15) is 0 Å². The molecule has 1 aromatic heterocycles. The molecule has 0 aliphatic rings. The highest BCUT2D eigenvalue weighted by Gasteiger charge is 2.11. The Hall–Kier alpha value is -3.41. The fourth-order valence-electron chi connectivity index (χ4n) is 2.39. The number of benzene rings is 2. The van der Waals surface area contributed by atoms with Crippen molar-refractivity contribution in [1.29, 1.82) is 0 Å². The summed E-state index contributed by atoms with van der Waals surface area (Å²) in [5.41, 5.74) is 4.06. The molecule has 2 aromatic carbocycles. The smallest absolute Gasteiger partial charge is 0.258 e. The zero-order valence-electron chi connectivity index (χ0n) is 14.9. The first-order valence-corrected chi connectivity index (χ1v) is 8.17. The lowest BCUT2D eigenvalue weighted by atomic mass is 10.2. The van der Waals surface area contributed by atoms with Gasteiger partial charge in [0.25, 0.3) is 5.91 Å². The lowest BCUT2D eigenvalue weighted by Gasteiger charge is -2.11. The highest BCUT2D eigenvalue weighted by Crippen LogP contribution is 2.25. The second-order valence-corrected chi connectivity index (χ2v) is 5.94. The van der Waals surface area contributed by atoms with Crippen molar-refractivity contribution in [3.05, 3.63) is 71.5 Å². The number of ether oxygens (including phenoxy) is 1. The number of nitrogens with zero attached hydrogens (tertiary/aromatic N) is 2. The fraction of sp³-hybridized carbons (Fsp3) is 0.150. The first kappa shape index (κ1) is 17.4. The number of carbonyl (C=O) groups is 1. The van der Waals surface area contributed by atoms with E-state index in [1.165, 1.54) is 18.0 Å². The minimum Gasteiger partial charge on any atom is -0.495 e. The number of aryl methyl sites for hydroxylation is 2. The molecule has 1 heterocycles. The van der Waals surface area contributed by atoms with E-state index in [0.717, 1.165) is 11.3 Å². The molecule has 0 spiro atoms. The third-order valence-electron chi connectivity index (χ3n) is 3.82. The number of hydrogen-bond acceptors (Lipinski definition) is 5. The van der Waals surface area contributed by atoms with Crippen LogP contribution in [-0.4, -0.2) is 23.0 Å². The van der Waals surface area contributed by atoms with Crippen LogP contribution in [0.2, 0.25) is 0 Å². The van der Waals surface area contributed by atoms with E-state index in [1.54, 1.807) is 7.11 Å². The summed E-state index contributed by atoms with van der Waals surface area (Å²) in [5.74, 6) is 0.733. The summed E-state index contributed by atoms with van der Waals surface area (Å²) in [6, 6.07) is 13.5. The van der Waals surface area contributed by atoms with E-state index in [9.17, 15) is 4.79 Å². The summed E-state index contributed by atoms with van der Waals surface area (Å²) >= 11 is 0. The molecule has 0 aliphatic carbocycles. The molecule has 3 rings (SSSR count). The maximum Gasteiger partial charge on any atom is 0.258 e. The van der Waals surface area contributed by atoms with Crippen LogP contribution >= 0.6 is 0 Å². The average Bonchev–Trinajstić information content (AvgIpc) is 2.64. The molecule has 6 heteroatoms. The van der Waals surface area contributed by atoms with E-state index in [-0.39, 0.29) is 5.91 Å². The van der Waals surface area contributed by atoms with Crippen LogP contribution in [0, 0.1) is 13.8 Å². The van der Waals surface area contributed by atoms with Crippen LogP contribution in [0.15, 0.2) is 54.9 Å². The van der Waals surface area contributed by atoms with E-state index in [0.29, 0.717) is 22.9 Å². The highest BCUT2D eigenvalue weighted by molar-refractivity contribution is 6.04. The van der Waals surface area contributed by atoms with Crippen LogP contribution in [0.3, 0.4) is 0 Å². The van der Waals surface area contributed by atoms with Crippen LogP contribution in [0.1, 0.15) is 21.5 Å². The monoisotopic (exact) mass is 348 g/mol. The molecule has 0 unspecified atom stereocenters. The Morgan fingerprint density at radius 2 is 1.62 bits per heavy atom. The summed E-state index contributed by atoms with van der Waals surface area (Å²) in [6.45, 7) is 3.97. The molecule has 26 heavy (non-hydrogen) atoms. The molecule has 0 saturated carbocycles. The Balaban J connectivity index is 1.71. The van der Waals surface area contributed by atoms with Crippen LogP contribution < -0.4 is 15.4 Å². The summed E-state index contributed by atoms with van der Waals surface area (Å²) in [4.78, 5) is 20.8. The Bertz CT molecular complexity index is 906. The number of carbonyl (C=O) groups excluding carboxylic acids is 1. The van der Waals surface area contributed by atoms with Gasteiger partial charge in [0.2, 0.25) is 5.95 Å². The number of aromatic nitrogens is 2. The van der Waals surface area contributed by atoms with Gasteiger partial charge in [0, 0.05) is 18.1 Å². The highest BCUT2D eigenvalue weighted by atomic mass is 16.5. The summed E-state index contributed by atoms with van der Waals surface area (Å²) < 4.78 is 5.27. The maximum atomic E-state index is 12.4. The maximum absolute atomic E-state index is 12.4. The zero-order chi connectivity index (χ0) is 18.5. The summed E-state index contributed by atoms with van der Waals surface area (Å²) in [6.07, 6.45) is 2.97. The van der Waals surface area contributed by atoms with Gasteiger partial charge in [-0.1, -0.05) is 23.8 Å². The number of rotatable bonds is 5. The van der Waals surface area contributed by atoms with Crippen LogP contribution in [0.25, 0.3) is 0 Å². The standard InChI is InChI=1S/C20H20N4O2/c1-13-4-7-16(8-5-13)23-20-21-11-15(12-22-20)19(25)24-17-10-14(2)6-9-18(17)26-3/h4-12H,1-3H3,(H,24,25)(H,21,22,23). The van der Waals surface area contributed by atoms with Gasteiger partial charge in [-0.25, -0.2) is 9.97 Å². The van der Waals surface area contributed by atoms with Gasteiger partial charge < -0.3 is 15.4 Å². The molecule has 1 amide bonds. The predicted molar refractivity (Wildman–Crippen MR) is 102 cm³/mol. The van der Waals surface area contributed by atoms with Gasteiger partial charge in [0.1, 0.15) is 5.75 Å². The van der Waals surface area contributed by atoms with Gasteiger partial charge >= 0.3 is 0 Å². The zero-order valence-corrected chi connectivity index (χ0v) is 14.9. The molecule has 132 valence electrons. The molecule has 2 N–H and O–H groups in total. The molecular formula is C20H20N4O2. The minimum absolute atomic E-state index is 0.296. The Labute approximate surface area is 152 Å². The van der Waals surface area contributed by atoms with Crippen molar-refractivity contribution in [2.75, 3.05) is 17.7 Å². The van der Waals surface area contributed by atoms with E-state index in [2.05, 4.69) is 20.6 Å². The topological polar surface area (TPSA) is 76.1 Å². The second-order valence-electron chi connectivity index (χ2n) is 5.94. The van der Waals surface area contributed by atoms with Crippen LogP contribution in [0.5, 0.6) is 5.75 Å². The normalized spacial score (nSPS) is 10.3. The van der Waals surface area contributed by atoms with E-state index >= 15 is 0 Å². The van der Waals surface area contributed by atoms with Gasteiger partial charge in [-0.3, -0.25) is 4.79 Å². The SMILES string of the molecule is COc1ccc(C)cc1NC(=O)c1cnc(Nc2ccc(C)cc2)nc1. The van der Waals surface area contributed by atoms with Gasteiger partial charge in [-0.05, 0) is 43.7 Å². The molecule has 0 atom stereocenters. The first-order valence-electron chi connectivity index (χ1n) is 8.17. The molecule has 3 aromatic rings. The molecule has 6 nitrogen and oxygen atoms in total. The number of anilines is 3. The third kappa shape index (κ3) is 4.16. The fourth-order valence-corrected chi connectivity index (χ4v) is 2.39. The van der Waals surface area contributed by atoms with Crippen molar-refractivity contribution in [1.82, 2.24) is 9.97 Å². The van der Waals surface area contributed by atoms with Crippen molar-refractivity contribution in [2.24, 2.45) is 0 Å². The van der Waals surface area contributed by atoms with Gasteiger partial charge in [0.15, 0.2) is 0 Å². The van der Waals surface area contributed by atoms with Crippen molar-refractivity contribution in [2.45, 2.75) is 13.8 Å². The van der Waals surface area contributed by atoms with E-state index in [4.69, 9.17) is 4.74 Å². The van der Waals surface area contributed by atoms with Gasteiger partial charge in [0.05, 0.1) is 18.4 Å². The third-order valence-corrected chi connectivity index (χ3v) is 3.82. The Kier molecular flexibility index (Phi) is 5.12. The molecule has 0 radical (unpaired) electrons. The molecule has 0 aliphatic heterocycles.